The van der Waals surface area contributed by atoms with E-state index in [-0.39, 0.29) is 5.82 Å². The van der Waals surface area contributed by atoms with E-state index in [0.717, 1.165) is 21.9 Å². The van der Waals surface area contributed by atoms with Gasteiger partial charge in [0.15, 0.2) is 0 Å². The van der Waals surface area contributed by atoms with Crippen molar-refractivity contribution in [2.45, 2.75) is 0 Å². The predicted octanol–water partition coefficient (Wildman–Crippen LogP) is 3.96. The van der Waals surface area contributed by atoms with Gasteiger partial charge < -0.3 is 4.57 Å². The van der Waals surface area contributed by atoms with Gasteiger partial charge in [-0.05, 0) is 17.7 Å². The van der Waals surface area contributed by atoms with Crippen LogP contribution in [0, 0.1) is 11.7 Å². The van der Waals surface area contributed by atoms with Crippen molar-refractivity contribution in [2.24, 2.45) is 7.05 Å². The highest BCUT2D eigenvalue weighted by atomic mass is 19.1. The first kappa shape index (κ1) is 9.89. The van der Waals surface area contributed by atoms with Crippen LogP contribution >= 0.6 is 0 Å². The molecule has 0 bridgehead atoms. The van der Waals surface area contributed by atoms with E-state index in [2.05, 4.69) is 18.2 Å². The number of hydrogen-bond acceptors (Lipinski definition) is 0. The second-order valence-corrected chi connectivity index (χ2v) is 4.68. The molecule has 1 nitrogen and oxygen atoms in total. The van der Waals surface area contributed by atoms with Crippen LogP contribution in [0.25, 0.3) is 21.8 Å². The van der Waals surface area contributed by atoms with Crippen molar-refractivity contribution in [3.05, 3.63) is 65.8 Å². The second kappa shape index (κ2) is 3.22. The van der Waals surface area contributed by atoms with Crippen molar-refractivity contribution < 1.29 is 4.39 Å². The van der Waals surface area contributed by atoms with Gasteiger partial charge in [0.1, 0.15) is 5.82 Å². The van der Waals surface area contributed by atoms with Crippen LogP contribution in [0.2, 0.25) is 0 Å². The Morgan fingerprint density at radius 3 is 2.56 bits per heavy atom. The summed E-state index contributed by atoms with van der Waals surface area (Å²) in [5.41, 5.74) is 2.89. The maximum Gasteiger partial charge on any atom is 0.147 e. The van der Waals surface area contributed by atoms with E-state index in [1.54, 1.807) is 6.07 Å². The lowest BCUT2D eigenvalue weighted by molar-refractivity contribution is 0.632. The molecule has 0 amide bonds. The Labute approximate surface area is 104 Å². The molecule has 2 aromatic carbocycles. The van der Waals surface area contributed by atoms with Gasteiger partial charge in [0.05, 0.1) is 5.52 Å². The maximum absolute atomic E-state index is 14.1. The van der Waals surface area contributed by atoms with E-state index in [9.17, 15) is 4.39 Å². The summed E-state index contributed by atoms with van der Waals surface area (Å²) in [6.07, 6.45) is 4.13. The number of allylic oxidation sites excluding steroid dienone is 2. The van der Waals surface area contributed by atoms with Crippen molar-refractivity contribution in [1.82, 2.24) is 4.57 Å². The van der Waals surface area contributed by atoms with Crippen molar-refractivity contribution >= 4 is 21.8 Å². The van der Waals surface area contributed by atoms with Crippen LogP contribution in [0.3, 0.4) is 0 Å². The van der Waals surface area contributed by atoms with Crippen LogP contribution in [0.4, 0.5) is 4.39 Å². The number of benzene rings is 2. The van der Waals surface area contributed by atoms with Gasteiger partial charge in [0, 0.05) is 29.3 Å². The first-order valence-corrected chi connectivity index (χ1v) is 5.98. The van der Waals surface area contributed by atoms with Gasteiger partial charge in [-0.15, -0.1) is 0 Å². The Bertz CT molecular complexity index is 805. The summed E-state index contributed by atoms with van der Waals surface area (Å²) >= 11 is 0. The molecule has 1 aromatic heterocycles. The van der Waals surface area contributed by atoms with Crippen LogP contribution in [-0.4, -0.2) is 4.57 Å². The standard InChI is InChI=1S/C16H11FN/c1-18-14-5-3-2-4-12(14)15-11(10-6-7-10)8-9-13(17)16(15)18/h2-9H,1H3. The lowest BCUT2D eigenvalue weighted by Gasteiger charge is -2.04. The number of rotatable bonds is 1. The third kappa shape index (κ3) is 1.15. The van der Waals surface area contributed by atoms with Gasteiger partial charge in [-0.25, -0.2) is 4.39 Å². The third-order valence-electron chi connectivity index (χ3n) is 3.64. The summed E-state index contributed by atoms with van der Waals surface area (Å²) in [5.74, 6) is 1.05. The Morgan fingerprint density at radius 1 is 1.00 bits per heavy atom. The SMILES string of the molecule is Cn1c2ccccc2c2c([C]3C=C3)ccc(F)c21. The molecule has 0 aliphatic heterocycles. The van der Waals surface area contributed by atoms with Gasteiger partial charge >= 0.3 is 0 Å². The molecule has 87 valence electrons. The first-order valence-electron chi connectivity index (χ1n) is 5.98. The molecule has 1 aliphatic carbocycles. The molecule has 0 spiro atoms. The van der Waals surface area contributed by atoms with Gasteiger partial charge in [-0.2, -0.15) is 0 Å². The molecule has 0 atom stereocenters. The zero-order chi connectivity index (χ0) is 12.3. The molecule has 4 rings (SSSR count). The number of para-hydroxylation sites is 1. The minimum Gasteiger partial charge on any atom is -0.341 e. The average molecular weight is 236 g/mol. The second-order valence-electron chi connectivity index (χ2n) is 4.68. The van der Waals surface area contributed by atoms with Gasteiger partial charge in [0.2, 0.25) is 0 Å². The van der Waals surface area contributed by atoms with Crippen LogP contribution in [0.1, 0.15) is 5.56 Å². The Hall–Kier alpha value is -2.09. The van der Waals surface area contributed by atoms with Gasteiger partial charge in [-0.1, -0.05) is 36.4 Å². The summed E-state index contributed by atoms with van der Waals surface area (Å²) in [6, 6.07) is 11.5. The Kier molecular flexibility index (Phi) is 1.77. The number of aromatic nitrogens is 1. The number of nitrogens with zero attached hydrogens (tertiary/aromatic N) is 1. The van der Waals surface area contributed by atoms with Crippen molar-refractivity contribution in [3.8, 4) is 0 Å². The molecule has 1 aliphatic rings. The quantitative estimate of drug-likeness (QED) is 0.602. The first-order chi connectivity index (χ1) is 8.77. The Morgan fingerprint density at radius 2 is 1.78 bits per heavy atom. The molecule has 0 saturated carbocycles. The molecule has 1 radical (unpaired) electrons. The molecular formula is C16H11FN. The smallest absolute Gasteiger partial charge is 0.147 e. The normalized spacial score (nSPS) is 14.8. The van der Waals surface area contributed by atoms with Crippen LogP contribution in [0.15, 0.2) is 48.6 Å². The predicted molar refractivity (Wildman–Crippen MR) is 71.9 cm³/mol. The van der Waals surface area contributed by atoms with Crippen molar-refractivity contribution in [3.63, 3.8) is 0 Å². The van der Waals surface area contributed by atoms with E-state index in [0.29, 0.717) is 5.52 Å². The fourth-order valence-corrected chi connectivity index (χ4v) is 2.73. The van der Waals surface area contributed by atoms with Crippen molar-refractivity contribution in [1.29, 1.82) is 0 Å². The van der Waals surface area contributed by atoms with Crippen molar-refractivity contribution in [2.75, 3.05) is 0 Å². The third-order valence-corrected chi connectivity index (χ3v) is 3.64. The van der Waals surface area contributed by atoms with Crippen LogP contribution in [-0.2, 0) is 7.05 Å². The summed E-state index contributed by atoms with van der Waals surface area (Å²) in [5, 5.41) is 2.14. The number of fused-ring (bicyclic) bond motifs is 3. The molecule has 18 heavy (non-hydrogen) atoms. The van der Waals surface area contributed by atoms with E-state index >= 15 is 0 Å². The van der Waals surface area contributed by atoms with Gasteiger partial charge in [0.25, 0.3) is 0 Å². The Balaban J connectivity index is 2.28. The zero-order valence-corrected chi connectivity index (χ0v) is 9.94. The summed E-state index contributed by atoms with van der Waals surface area (Å²) in [6.45, 7) is 0. The van der Waals surface area contributed by atoms with Crippen LogP contribution in [0.5, 0.6) is 0 Å². The molecule has 0 fully saturated rings. The van der Waals surface area contributed by atoms with E-state index in [1.165, 1.54) is 5.92 Å². The molecular weight excluding hydrogens is 225 g/mol. The highest BCUT2D eigenvalue weighted by Crippen LogP contribution is 2.39. The number of hydrogen-bond donors (Lipinski definition) is 0. The summed E-state index contributed by atoms with van der Waals surface area (Å²) in [4.78, 5) is 0. The maximum atomic E-state index is 14.1. The van der Waals surface area contributed by atoms with E-state index in [4.69, 9.17) is 0 Å². The molecule has 2 heteroatoms. The fourth-order valence-electron chi connectivity index (χ4n) is 2.73. The summed E-state index contributed by atoms with van der Waals surface area (Å²) < 4.78 is 16.0. The largest absolute Gasteiger partial charge is 0.341 e. The van der Waals surface area contributed by atoms with Gasteiger partial charge in [-0.3, -0.25) is 0 Å². The fraction of sp³-hybridized carbons (Fsp3) is 0.0625. The minimum atomic E-state index is -0.159. The molecule has 0 N–H and O–H groups in total. The lowest BCUT2D eigenvalue weighted by atomic mass is 10.0. The monoisotopic (exact) mass is 236 g/mol. The van der Waals surface area contributed by atoms with E-state index < -0.39 is 0 Å². The molecule has 0 unspecified atom stereocenters. The minimum absolute atomic E-state index is 0.159. The highest BCUT2D eigenvalue weighted by Gasteiger charge is 2.22. The number of halogens is 1. The topological polar surface area (TPSA) is 4.93 Å². The zero-order valence-electron chi connectivity index (χ0n) is 9.94. The summed E-state index contributed by atoms with van der Waals surface area (Å²) in [7, 11) is 1.92. The molecule has 1 heterocycles. The highest BCUT2D eigenvalue weighted by molar-refractivity contribution is 6.11. The van der Waals surface area contributed by atoms with E-state index in [1.807, 2.05) is 35.9 Å². The lowest BCUT2D eigenvalue weighted by Crippen LogP contribution is -1.92. The number of aryl methyl sites for hydroxylation is 1. The average Bonchev–Trinajstić information content (AvgIpc) is 3.18. The molecule has 0 saturated heterocycles. The molecule has 3 aromatic rings. The van der Waals surface area contributed by atoms with Crippen LogP contribution < -0.4 is 0 Å².